The summed E-state index contributed by atoms with van der Waals surface area (Å²) in [5.74, 6) is -2.26. The van der Waals surface area contributed by atoms with E-state index < -0.39 is 46.4 Å². The van der Waals surface area contributed by atoms with E-state index in [0.29, 0.717) is 6.42 Å². The number of aliphatic hydroxyl groups is 1. The number of carbonyl (C=O) groups excluding carboxylic acids is 2. The molecule has 0 saturated carbocycles. The zero-order valence-corrected chi connectivity index (χ0v) is 23.0. The largest absolute Gasteiger partial charge is 1.00 e. The first-order valence-corrected chi connectivity index (χ1v) is 12.9. The maximum absolute atomic E-state index is 12.0. The maximum Gasteiger partial charge on any atom is 1.00 e. The van der Waals surface area contributed by atoms with E-state index in [1.165, 1.54) is 44.6 Å². The fraction of sp³-hybridized carbons (Fsp3) is 0.818. The van der Waals surface area contributed by atoms with Crippen molar-refractivity contribution in [3.63, 3.8) is 0 Å². The van der Waals surface area contributed by atoms with E-state index in [-0.39, 0.29) is 50.8 Å². The average Bonchev–Trinajstić information content (AvgIpc) is 2.73. The fourth-order valence-electron chi connectivity index (χ4n) is 2.90. The molecule has 0 spiro atoms. The minimum absolute atomic E-state index is 0. The molecule has 0 aliphatic carbocycles. The van der Waals surface area contributed by atoms with Crippen LogP contribution in [0.25, 0.3) is 0 Å². The number of ether oxygens (including phenoxy) is 3. The summed E-state index contributed by atoms with van der Waals surface area (Å²) in [7, 11) is -4.88. The normalized spacial score (nSPS) is 12.9. The predicted molar refractivity (Wildman–Crippen MR) is 122 cm³/mol. The van der Waals surface area contributed by atoms with Gasteiger partial charge >= 0.3 is 41.5 Å². The van der Waals surface area contributed by atoms with Crippen LogP contribution in [-0.2, 0) is 33.9 Å². The molecule has 0 aromatic rings. The van der Waals surface area contributed by atoms with Gasteiger partial charge in [-0.05, 0) is 6.42 Å². The van der Waals surface area contributed by atoms with Crippen molar-refractivity contribution in [3.8, 4) is 0 Å². The molecule has 0 aliphatic rings. The first-order chi connectivity index (χ1) is 15.2. The second kappa shape index (κ2) is 22.0. The molecule has 190 valence electrons. The van der Waals surface area contributed by atoms with E-state index in [1.54, 1.807) is 0 Å². The Kier molecular flexibility index (Phi) is 23.1. The Morgan fingerprint density at radius 1 is 0.970 bits per heavy atom. The monoisotopic (exact) mass is 504 g/mol. The zero-order chi connectivity index (χ0) is 24.2. The number of hydrogen-bond acceptors (Lipinski definition) is 8. The minimum atomic E-state index is -4.88. The average molecular weight is 505 g/mol. The molecule has 2 N–H and O–H groups in total. The van der Waals surface area contributed by atoms with Gasteiger partial charge in [-0.15, -0.1) is 6.58 Å². The summed E-state index contributed by atoms with van der Waals surface area (Å²) in [4.78, 5) is 23.9. The molecule has 0 rings (SSSR count). The van der Waals surface area contributed by atoms with Crippen LogP contribution in [0.15, 0.2) is 12.7 Å². The Hall–Kier alpha value is -0.490. The summed E-state index contributed by atoms with van der Waals surface area (Å²) in [6, 6.07) is 0. The number of carbonyl (C=O) groups is 2. The third kappa shape index (κ3) is 20.6. The van der Waals surface area contributed by atoms with E-state index in [0.717, 1.165) is 19.3 Å². The molecule has 0 fully saturated rings. The molecule has 0 radical (unpaired) electrons. The van der Waals surface area contributed by atoms with Crippen LogP contribution in [0, 0.1) is 0 Å². The standard InChI is InChI=1S/C22H40O9S.Na.H/c1-3-5-6-7-8-9-10-11-12-13-15-30-21(24)16-20(32(26,27)28)22(25)31-18-19(23)17-29-14-4-2;;/h4,19-20,23H,2-3,5-18H2,1H3,(H,26,27,28);;/q;+1;-1. The van der Waals surface area contributed by atoms with Gasteiger partial charge in [-0.2, -0.15) is 8.42 Å². The van der Waals surface area contributed by atoms with E-state index in [4.69, 9.17) is 14.2 Å². The third-order valence-electron chi connectivity index (χ3n) is 4.70. The van der Waals surface area contributed by atoms with Crippen LogP contribution in [0.4, 0.5) is 0 Å². The van der Waals surface area contributed by atoms with Crippen molar-refractivity contribution in [2.75, 3.05) is 26.4 Å². The van der Waals surface area contributed by atoms with Crippen LogP contribution in [0.3, 0.4) is 0 Å². The number of esters is 2. The van der Waals surface area contributed by atoms with Crippen molar-refractivity contribution >= 4 is 22.1 Å². The molecule has 2 unspecified atom stereocenters. The summed E-state index contributed by atoms with van der Waals surface area (Å²) in [5.41, 5.74) is 0. The first-order valence-electron chi connectivity index (χ1n) is 11.4. The molecule has 9 nitrogen and oxygen atoms in total. The Morgan fingerprint density at radius 3 is 2.03 bits per heavy atom. The molecule has 11 heteroatoms. The second-order valence-electron chi connectivity index (χ2n) is 7.72. The molecular formula is C22H41NaO9S. The van der Waals surface area contributed by atoms with Crippen LogP contribution in [0.5, 0.6) is 0 Å². The molecule has 0 heterocycles. The van der Waals surface area contributed by atoms with Crippen molar-refractivity contribution in [3.05, 3.63) is 12.7 Å². The Balaban J connectivity index is -0.00000480. The molecule has 0 bridgehead atoms. The number of hydrogen-bond donors (Lipinski definition) is 2. The van der Waals surface area contributed by atoms with Crippen molar-refractivity contribution in [2.24, 2.45) is 0 Å². The summed E-state index contributed by atoms with van der Waals surface area (Å²) >= 11 is 0. The van der Waals surface area contributed by atoms with Crippen LogP contribution in [0.2, 0.25) is 0 Å². The van der Waals surface area contributed by atoms with E-state index in [9.17, 15) is 27.7 Å². The van der Waals surface area contributed by atoms with Gasteiger partial charge in [0.1, 0.15) is 12.7 Å². The fourth-order valence-corrected chi connectivity index (χ4v) is 3.56. The van der Waals surface area contributed by atoms with Gasteiger partial charge in [-0.3, -0.25) is 14.1 Å². The molecular weight excluding hydrogens is 463 g/mol. The summed E-state index contributed by atoms with van der Waals surface area (Å²) < 4.78 is 46.9. The molecule has 33 heavy (non-hydrogen) atoms. The quantitative estimate of drug-likeness (QED) is 0.0744. The smallest absolute Gasteiger partial charge is 1.00 e. The van der Waals surface area contributed by atoms with Gasteiger partial charge in [-0.1, -0.05) is 70.8 Å². The maximum atomic E-state index is 12.0. The molecule has 0 aliphatic heterocycles. The number of aliphatic hydroxyl groups excluding tert-OH is 1. The van der Waals surface area contributed by atoms with Crippen LogP contribution in [-0.4, -0.2) is 67.8 Å². The Labute approximate surface area is 222 Å². The van der Waals surface area contributed by atoms with Gasteiger partial charge in [0.15, 0.2) is 5.25 Å². The van der Waals surface area contributed by atoms with E-state index >= 15 is 0 Å². The van der Waals surface area contributed by atoms with Gasteiger partial charge in [0.2, 0.25) is 0 Å². The molecule has 0 aromatic heterocycles. The van der Waals surface area contributed by atoms with Crippen LogP contribution >= 0.6 is 0 Å². The topological polar surface area (TPSA) is 136 Å². The van der Waals surface area contributed by atoms with Gasteiger partial charge in [0.05, 0.1) is 26.2 Å². The van der Waals surface area contributed by atoms with E-state index in [2.05, 4.69) is 13.5 Å². The number of unbranched alkanes of at least 4 members (excludes halogenated alkanes) is 9. The summed E-state index contributed by atoms with van der Waals surface area (Å²) in [6.45, 7) is 5.22. The van der Waals surface area contributed by atoms with Crippen molar-refractivity contribution in [1.29, 1.82) is 0 Å². The van der Waals surface area contributed by atoms with Gasteiger partial charge < -0.3 is 20.7 Å². The molecule has 2 atom stereocenters. The minimum Gasteiger partial charge on any atom is -1.00 e. The third-order valence-corrected chi connectivity index (χ3v) is 5.78. The predicted octanol–water partition coefficient (Wildman–Crippen LogP) is 0.320. The van der Waals surface area contributed by atoms with Crippen LogP contribution < -0.4 is 29.6 Å². The van der Waals surface area contributed by atoms with Gasteiger partial charge in [-0.25, -0.2) is 0 Å². The molecule has 0 amide bonds. The zero-order valence-electron chi connectivity index (χ0n) is 21.2. The SMILES string of the molecule is C=CCOCC(O)COC(=O)C(CC(=O)OCCCCCCCCCCCC)S(=O)(=O)O.[H-].[Na+]. The second-order valence-corrected chi connectivity index (χ2v) is 9.32. The van der Waals surface area contributed by atoms with Gasteiger partial charge in [0.25, 0.3) is 10.1 Å². The Morgan fingerprint density at radius 2 is 1.52 bits per heavy atom. The van der Waals surface area contributed by atoms with Crippen molar-refractivity contribution in [1.82, 2.24) is 0 Å². The van der Waals surface area contributed by atoms with E-state index in [1.807, 2.05) is 0 Å². The summed E-state index contributed by atoms with van der Waals surface area (Å²) in [6.07, 6.45) is 10.6. The summed E-state index contributed by atoms with van der Waals surface area (Å²) in [5, 5.41) is 7.51. The first kappa shape index (κ1) is 34.7. The molecule has 0 saturated heterocycles. The Bertz CT molecular complexity index is 632. The number of rotatable bonds is 21. The van der Waals surface area contributed by atoms with Crippen LogP contribution in [0.1, 0.15) is 79.0 Å². The van der Waals surface area contributed by atoms with Crippen molar-refractivity contribution in [2.45, 2.75) is 88.9 Å². The van der Waals surface area contributed by atoms with Crippen molar-refractivity contribution < 1.29 is 72.9 Å². The molecule has 0 aromatic carbocycles. The van der Waals surface area contributed by atoms with Gasteiger partial charge in [0, 0.05) is 0 Å².